The third kappa shape index (κ3) is 5.45. The summed E-state index contributed by atoms with van der Waals surface area (Å²) in [5, 5.41) is 3.39. The molecule has 2 atom stereocenters. The van der Waals surface area contributed by atoms with Crippen molar-refractivity contribution in [1.29, 1.82) is 0 Å². The molecule has 2 aliphatic rings. The van der Waals surface area contributed by atoms with Crippen LogP contribution in [0.4, 0.5) is 5.00 Å². The van der Waals surface area contributed by atoms with Crippen LogP contribution in [0.5, 0.6) is 0 Å². The van der Waals surface area contributed by atoms with Crippen molar-refractivity contribution in [2.75, 3.05) is 38.1 Å². The van der Waals surface area contributed by atoms with Crippen LogP contribution in [-0.4, -0.2) is 57.4 Å². The number of fused-ring (bicyclic) bond motifs is 1. The van der Waals surface area contributed by atoms with Crippen LogP contribution in [0.15, 0.2) is 29.2 Å². The van der Waals surface area contributed by atoms with Gasteiger partial charge in [0.15, 0.2) is 0 Å². The first-order chi connectivity index (χ1) is 16.7. The van der Waals surface area contributed by atoms with Gasteiger partial charge in [-0.2, -0.15) is 4.31 Å². The van der Waals surface area contributed by atoms with Gasteiger partial charge in [-0.15, -0.1) is 11.3 Å². The van der Waals surface area contributed by atoms with Crippen LogP contribution < -0.4 is 10.2 Å². The number of sulfonamides is 1. The maximum atomic E-state index is 13.1. The molecule has 2 aromatic rings. The lowest BCUT2D eigenvalue weighted by Gasteiger charge is -2.30. The topological polar surface area (TPSA) is 97.2 Å². The first-order valence-electron chi connectivity index (χ1n) is 12.3. The van der Waals surface area contributed by atoms with E-state index < -0.39 is 16.0 Å². The molecule has 2 aliphatic heterocycles. The van der Waals surface area contributed by atoms with Gasteiger partial charge in [0.05, 0.1) is 35.0 Å². The van der Waals surface area contributed by atoms with E-state index in [9.17, 15) is 18.0 Å². The normalized spacial score (nSPS) is 20.8. The van der Waals surface area contributed by atoms with Gasteiger partial charge in [-0.05, 0) is 62.4 Å². The van der Waals surface area contributed by atoms with E-state index in [1.54, 1.807) is 6.92 Å². The monoisotopic (exact) mass is 520 g/mol. The first-order valence-corrected chi connectivity index (χ1v) is 14.6. The molecule has 10 heteroatoms. The third-order valence-electron chi connectivity index (χ3n) is 6.81. The van der Waals surface area contributed by atoms with Crippen molar-refractivity contribution in [2.45, 2.75) is 51.5 Å². The standard InChI is InChI=1S/C25H33N3O5S2/c1-4-27-14-12-20-21(16-27)34-24(22(20)25(30)33-5-2)26-23(29)18-8-10-19(11-9-18)35(31,32)28-13-6-7-17(3)15-28/h8-11,17H,4-7,12-16H2,1-3H3,(H,26,29)/p+1. The van der Waals surface area contributed by atoms with Crippen molar-refractivity contribution in [1.82, 2.24) is 4.31 Å². The second-order valence-corrected chi connectivity index (χ2v) is 12.3. The van der Waals surface area contributed by atoms with Gasteiger partial charge in [-0.3, -0.25) is 4.79 Å². The van der Waals surface area contributed by atoms with E-state index in [2.05, 4.69) is 19.2 Å². The number of benzene rings is 1. The molecule has 4 rings (SSSR count). The number of nitrogens with one attached hydrogen (secondary N) is 2. The summed E-state index contributed by atoms with van der Waals surface area (Å²) in [5.74, 6) is -0.471. The number of amides is 1. The van der Waals surface area contributed by atoms with Crippen LogP contribution in [-0.2, 0) is 27.7 Å². The van der Waals surface area contributed by atoms with Crippen molar-refractivity contribution in [3.63, 3.8) is 0 Å². The molecule has 3 heterocycles. The molecule has 2 unspecified atom stereocenters. The molecule has 0 radical (unpaired) electrons. The number of ether oxygens (including phenoxy) is 1. The molecular formula is C25H34N3O5S2+. The molecule has 0 saturated carbocycles. The largest absolute Gasteiger partial charge is 0.462 e. The van der Waals surface area contributed by atoms with Crippen molar-refractivity contribution < 1.29 is 27.6 Å². The number of hydrogen-bond acceptors (Lipinski definition) is 6. The Bertz CT molecular complexity index is 1190. The van der Waals surface area contributed by atoms with Crippen LogP contribution in [0.25, 0.3) is 0 Å². The molecule has 0 bridgehead atoms. The highest BCUT2D eigenvalue weighted by Gasteiger charge is 2.32. The molecule has 1 saturated heterocycles. The number of hydrogen-bond donors (Lipinski definition) is 2. The molecule has 1 fully saturated rings. The van der Waals surface area contributed by atoms with Crippen LogP contribution in [0.1, 0.15) is 64.8 Å². The quantitative estimate of drug-likeness (QED) is 0.547. The minimum atomic E-state index is -3.59. The third-order valence-corrected chi connectivity index (χ3v) is 9.84. The van der Waals surface area contributed by atoms with Gasteiger partial charge in [0.2, 0.25) is 10.0 Å². The average molecular weight is 521 g/mol. The first kappa shape index (κ1) is 25.8. The summed E-state index contributed by atoms with van der Waals surface area (Å²) < 4.78 is 32.9. The number of quaternary nitrogens is 1. The molecule has 190 valence electrons. The van der Waals surface area contributed by atoms with Crippen molar-refractivity contribution in [3.05, 3.63) is 45.8 Å². The molecule has 0 spiro atoms. The van der Waals surface area contributed by atoms with E-state index >= 15 is 0 Å². The number of likely N-dealkylation sites (N-methyl/N-ethyl adjacent to an activating group) is 1. The van der Waals surface area contributed by atoms with E-state index in [4.69, 9.17) is 4.74 Å². The fourth-order valence-electron chi connectivity index (χ4n) is 4.81. The van der Waals surface area contributed by atoms with Gasteiger partial charge < -0.3 is 15.0 Å². The van der Waals surface area contributed by atoms with Crippen LogP contribution in [0.2, 0.25) is 0 Å². The highest BCUT2D eigenvalue weighted by atomic mass is 32.2. The van der Waals surface area contributed by atoms with E-state index in [1.807, 2.05) is 0 Å². The Hall–Kier alpha value is -2.27. The lowest BCUT2D eigenvalue weighted by molar-refractivity contribution is -0.913. The maximum Gasteiger partial charge on any atom is 0.341 e. The molecule has 8 nitrogen and oxygen atoms in total. The lowest BCUT2D eigenvalue weighted by Crippen LogP contribution is -3.11. The zero-order valence-electron chi connectivity index (χ0n) is 20.6. The Labute approximate surface area is 211 Å². The zero-order chi connectivity index (χ0) is 25.2. The molecular weight excluding hydrogens is 486 g/mol. The van der Waals surface area contributed by atoms with Crippen molar-refractivity contribution >= 4 is 38.2 Å². The molecule has 1 aromatic heterocycles. The number of thiophene rings is 1. The van der Waals surface area contributed by atoms with Gasteiger partial charge in [0.25, 0.3) is 5.91 Å². The number of carbonyl (C=O) groups is 2. The summed E-state index contributed by atoms with van der Waals surface area (Å²) in [6, 6.07) is 6.02. The van der Waals surface area contributed by atoms with E-state index in [0.717, 1.165) is 49.3 Å². The van der Waals surface area contributed by atoms with Crippen molar-refractivity contribution in [3.8, 4) is 0 Å². The summed E-state index contributed by atoms with van der Waals surface area (Å²) in [4.78, 5) is 28.5. The number of carbonyl (C=O) groups excluding carboxylic acids is 2. The number of anilines is 1. The zero-order valence-corrected chi connectivity index (χ0v) is 22.2. The van der Waals surface area contributed by atoms with Gasteiger partial charge in [0.1, 0.15) is 11.5 Å². The Morgan fingerprint density at radius 3 is 2.63 bits per heavy atom. The van der Waals surface area contributed by atoms with E-state index in [1.165, 1.54) is 44.8 Å². The van der Waals surface area contributed by atoms with Gasteiger partial charge in [0, 0.05) is 25.1 Å². The Kier molecular flexibility index (Phi) is 7.95. The highest BCUT2D eigenvalue weighted by Crippen LogP contribution is 2.35. The Morgan fingerprint density at radius 2 is 1.97 bits per heavy atom. The number of piperidine rings is 1. The van der Waals surface area contributed by atoms with Gasteiger partial charge in [-0.25, -0.2) is 13.2 Å². The van der Waals surface area contributed by atoms with Crippen LogP contribution in [0.3, 0.4) is 0 Å². The predicted molar refractivity (Wildman–Crippen MR) is 136 cm³/mol. The number of nitrogens with zero attached hydrogens (tertiary/aromatic N) is 1. The van der Waals surface area contributed by atoms with Crippen molar-refractivity contribution in [2.24, 2.45) is 5.92 Å². The Balaban J connectivity index is 1.55. The molecule has 1 amide bonds. The Morgan fingerprint density at radius 1 is 1.23 bits per heavy atom. The summed E-state index contributed by atoms with van der Waals surface area (Å²) in [7, 11) is -3.59. The lowest BCUT2D eigenvalue weighted by atomic mass is 10.0. The second kappa shape index (κ2) is 10.8. The molecule has 0 aliphatic carbocycles. The predicted octanol–water partition coefficient (Wildman–Crippen LogP) is 2.56. The van der Waals surface area contributed by atoms with E-state index in [0.29, 0.717) is 35.1 Å². The summed E-state index contributed by atoms with van der Waals surface area (Å²) in [5.41, 5.74) is 1.75. The minimum Gasteiger partial charge on any atom is -0.462 e. The summed E-state index contributed by atoms with van der Waals surface area (Å²) in [6.07, 6.45) is 2.65. The summed E-state index contributed by atoms with van der Waals surface area (Å²) >= 11 is 1.43. The van der Waals surface area contributed by atoms with Crippen LogP contribution in [0, 0.1) is 5.92 Å². The molecule has 1 aromatic carbocycles. The average Bonchev–Trinajstić information content (AvgIpc) is 3.21. The van der Waals surface area contributed by atoms with Crippen LogP contribution >= 0.6 is 11.3 Å². The van der Waals surface area contributed by atoms with Gasteiger partial charge in [-0.1, -0.05) is 6.92 Å². The number of esters is 1. The van der Waals surface area contributed by atoms with E-state index in [-0.39, 0.29) is 17.4 Å². The fraction of sp³-hybridized carbons (Fsp3) is 0.520. The molecule has 2 N–H and O–H groups in total. The minimum absolute atomic E-state index is 0.185. The van der Waals surface area contributed by atoms with Gasteiger partial charge >= 0.3 is 5.97 Å². The smallest absolute Gasteiger partial charge is 0.341 e. The molecule has 35 heavy (non-hydrogen) atoms. The maximum absolute atomic E-state index is 13.1. The number of rotatable bonds is 7. The second-order valence-electron chi connectivity index (χ2n) is 9.30. The highest BCUT2D eigenvalue weighted by molar-refractivity contribution is 7.89. The fourth-order valence-corrected chi connectivity index (χ4v) is 7.71. The SMILES string of the molecule is CCOC(=O)c1c(NC(=O)c2ccc(S(=O)(=O)N3CCCC(C)C3)cc2)sc2c1CC[NH+](CC)C2. The summed E-state index contributed by atoms with van der Waals surface area (Å²) in [6.45, 7) is 10.0.